The molecule has 5 nitrogen and oxygen atoms in total. The lowest BCUT2D eigenvalue weighted by Crippen LogP contribution is -2.32. The molecule has 132 valence electrons. The Morgan fingerprint density at radius 3 is 2.64 bits per heavy atom. The van der Waals surface area contributed by atoms with Crippen molar-refractivity contribution >= 4 is 23.0 Å². The van der Waals surface area contributed by atoms with Gasteiger partial charge in [0.25, 0.3) is 5.91 Å². The molecule has 0 aliphatic heterocycles. The fraction of sp³-hybridized carbons (Fsp3) is 0.211. The Balaban J connectivity index is 2.04. The zero-order valence-corrected chi connectivity index (χ0v) is 14.8. The minimum Gasteiger partial charge on any atom is -0.288 e. The highest BCUT2D eigenvalue weighted by molar-refractivity contribution is 7.83. The van der Waals surface area contributed by atoms with Crippen LogP contribution in [0.1, 0.15) is 24.5 Å². The Morgan fingerprint density at radius 2 is 1.96 bits per heavy atom. The van der Waals surface area contributed by atoms with Gasteiger partial charge in [-0.05, 0) is 42.2 Å². The second-order valence-electron chi connectivity index (χ2n) is 5.56. The normalized spacial score (nSPS) is 13.5. The number of benzene rings is 2. The highest BCUT2D eigenvalue weighted by atomic mass is 32.2. The molecule has 2 rings (SSSR count). The Hall–Kier alpha value is -2.28. The summed E-state index contributed by atoms with van der Waals surface area (Å²) in [5.41, 5.74) is 3.46. The maximum absolute atomic E-state index is 12.6. The number of hydrogen-bond donors (Lipinski definition) is 3. The number of carbonyl (C=O) groups is 1. The highest BCUT2D eigenvalue weighted by Gasteiger charge is 2.12. The first-order valence-corrected chi connectivity index (χ1v) is 9.21. The van der Waals surface area contributed by atoms with Crippen LogP contribution in [0, 0.1) is 0 Å². The first-order chi connectivity index (χ1) is 12.1. The molecule has 2 atom stereocenters. The SMILES string of the molecule is CCC(Cc1ccccc1)NS(=O)c1cccc(/C=C/C(=O)NO)c1. The molecule has 0 aliphatic carbocycles. The van der Waals surface area contributed by atoms with E-state index >= 15 is 0 Å². The van der Waals surface area contributed by atoms with Crippen LogP contribution in [0.2, 0.25) is 0 Å². The topological polar surface area (TPSA) is 78.4 Å². The third-order valence-electron chi connectivity index (χ3n) is 3.70. The first-order valence-electron chi connectivity index (χ1n) is 8.06. The number of hydrogen-bond acceptors (Lipinski definition) is 3. The zero-order chi connectivity index (χ0) is 18.1. The van der Waals surface area contributed by atoms with E-state index in [-0.39, 0.29) is 6.04 Å². The fourth-order valence-corrected chi connectivity index (χ4v) is 3.46. The van der Waals surface area contributed by atoms with Crippen LogP contribution in [0.25, 0.3) is 6.08 Å². The lowest BCUT2D eigenvalue weighted by molar-refractivity contribution is -0.124. The number of nitrogens with one attached hydrogen (secondary N) is 2. The Labute approximate surface area is 150 Å². The molecule has 1 amide bonds. The number of rotatable bonds is 8. The molecule has 0 aliphatic rings. The summed E-state index contributed by atoms with van der Waals surface area (Å²) in [5.74, 6) is -0.612. The van der Waals surface area contributed by atoms with E-state index in [2.05, 4.69) is 23.8 Å². The lowest BCUT2D eigenvalue weighted by atomic mass is 10.1. The van der Waals surface area contributed by atoms with Crippen LogP contribution in [-0.4, -0.2) is 21.4 Å². The van der Waals surface area contributed by atoms with Crippen molar-refractivity contribution < 1.29 is 14.2 Å². The lowest BCUT2D eigenvalue weighted by Gasteiger charge is -2.16. The van der Waals surface area contributed by atoms with Gasteiger partial charge in [0.15, 0.2) is 0 Å². The molecule has 0 bridgehead atoms. The molecule has 0 spiro atoms. The molecule has 2 aromatic rings. The molecule has 3 N–H and O–H groups in total. The molecule has 25 heavy (non-hydrogen) atoms. The summed E-state index contributed by atoms with van der Waals surface area (Å²) in [6.07, 6.45) is 4.42. The van der Waals surface area contributed by atoms with Crippen molar-refractivity contribution in [3.8, 4) is 0 Å². The van der Waals surface area contributed by atoms with Crippen molar-refractivity contribution in [2.45, 2.75) is 30.7 Å². The van der Waals surface area contributed by atoms with Gasteiger partial charge in [-0.25, -0.2) is 14.4 Å². The maximum Gasteiger partial charge on any atom is 0.267 e. The van der Waals surface area contributed by atoms with E-state index in [1.165, 1.54) is 17.1 Å². The smallest absolute Gasteiger partial charge is 0.267 e. The van der Waals surface area contributed by atoms with Gasteiger partial charge >= 0.3 is 0 Å². The summed E-state index contributed by atoms with van der Waals surface area (Å²) in [5, 5.41) is 8.49. The third-order valence-corrected chi connectivity index (χ3v) is 4.93. The van der Waals surface area contributed by atoms with Crippen molar-refractivity contribution in [1.82, 2.24) is 10.2 Å². The van der Waals surface area contributed by atoms with E-state index in [0.29, 0.717) is 4.90 Å². The van der Waals surface area contributed by atoms with Crippen LogP contribution < -0.4 is 10.2 Å². The van der Waals surface area contributed by atoms with Crippen molar-refractivity contribution in [2.75, 3.05) is 0 Å². The molecule has 0 radical (unpaired) electrons. The van der Waals surface area contributed by atoms with E-state index in [0.717, 1.165) is 18.4 Å². The molecule has 6 heteroatoms. The van der Waals surface area contributed by atoms with Crippen molar-refractivity contribution in [1.29, 1.82) is 0 Å². The predicted molar refractivity (Wildman–Crippen MR) is 99.2 cm³/mol. The summed E-state index contributed by atoms with van der Waals surface area (Å²) in [6.45, 7) is 2.06. The summed E-state index contributed by atoms with van der Waals surface area (Å²) >= 11 is 0. The average molecular weight is 358 g/mol. The summed E-state index contributed by atoms with van der Waals surface area (Å²) in [7, 11) is -1.35. The number of carbonyl (C=O) groups excluding carboxylic acids is 1. The first kappa shape index (κ1) is 19.1. The molecule has 0 saturated carbocycles. The average Bonchev–Trinajstić information content (AvgIpc) is 2.66. The van der Waals surface area contributed by atoms with Crippen LogP contribution in [0.3, 0.4) is 0 Å². The van der Waals surface area contributed by atoms with Crippen LogP contribution in [0.15, 0.2) is 65.6 Å². The molecule has 2 unspecified atom stereocenters. The molecular weight excluding hydrogens is 336 g/mol. The molecule has 0 aromatic heterocycles. The largest absolute Gasteiger partial charge is 0.288 e. The maximum atomic E-state index is 12.6. The van der Waals surface area contributed by atoms with Gasteiger partial charge in [-0.1, -0.05) is 49.4 Å². The predicted octanol–water partition coefficient (Wildman–Crippen LogP) is 2.84. The minimum absolute atomic E-state index is 0.0996. The van der Waals surface area contributed by atoms with E-state index in [1.54, 1.807) is 30.3 Å². The Morgan fingerprint density at radius 1 is 1.20 bits per heavy atom. The van der Waals surface area contributed by atoms with Crippen LogP contribution in [0.4, 0.5) is 0 Å². The highest BCUT2D eigenvalue weighted by Crippen LogP contribution is 2.13. The summed E-state index contributed by atoms with van der Waals surface area (Å²) in [4.78, 5) is 11.7. The molecule has 0 fully saturated rings. The quantitative estimate of drug-likeness (QED) is 0.386. The van der Waals surface area contributed by atoms with Gasteiger partial charge in [0.05, 0.1) is 4.90 Å². The number of amides is 1. The van der Waals surface area contributed by atoms with Crippen molar-refractivity contribution in [2.24, 2.45) is 0 Å². The zero-order valence-electron chi connectivity index (χ0n) is 14.0. The molecule has 0 saturated heterocycles. The van der Waals surface area contributed by atoms with Crippen LogP contribution >= 0.6 is 0 Å². The fourth-order valence-electron chi connectivity index (χ4n) is 2.33. The Bertz CT molecular complexity index is 747. The van der Waals surface area contributed by atoms with Crippen LogP contribution in [0.5, 0.6) is 0 Å². The van der Waals surface area contributed by atoms with Gasteiger partial charge in [0, 0.05) is 12.1 Å². The van der Waals surface area contributed by atoms with E-state index in [1.807, 2.05) is 18.2 Å². The molecular formula is C19H22N2O3S. The van der Waals surface area contributed by atoms with Gasteiger partial charge < -0.3 is 0 Å². The number of hydroxylamine groups is 1. The van der Waals surface area contributed by atoms with E-state index < -0.39 is 16.9 Å². The van der Waals surface area contributed by atoms with Gasteiger partial charge in [-0.2, -0.15) is 0 Å². The van der Waals surface area contributed by atoms with E-state index in [9.17, 15) is 9.00 Å². The van der Waals surface area contributed by atoms with Gasteiger partial charge in [-0.3, -0.25) is 10.0 Å². The van der Waals surface area contributed by atoms with Crippen molar-refractivity contribution in [3.63, 3.8) is 0 Å². The third kappa shape index (κ3) is 6.26. The van der Waals surface area contributed by atoms with Gasteiger partial charge in [0.2, 0.25) is 0 Å². The summed E-state index contributed by atoms with van der Waals surface area (Å²) in [6, 6.07) is 17.3. The van der Waals surface area contributed by atoms with Crippen molar-refractivity contribution in [3.05, 3.63) is 71.8 Å². The van der Waals surface area contributed by atoms with Gasteiger partial charge in [-0.15, -0.1) is 0 Å². The molecule has 0 heterocycles. The van der Waals surface area contributed by atoms with Gasteiger partial charge in [0.1, 0.15) is 11.0 Å². The second kappa shape index (κ2) is 9.88. The summed E-state index contributed by atoms with van der Waals surface area (Å²) < 4.78 is 15.8. The molecule has 2 aromatic carbocycles. The van der Waals surface area contributed by atoms with Crippen LogP contribution in [-0.2, 0) is 22.2 Å². The van der Waals surface area contributed by atoms with E-state index in [4.69, 9.17) is 5.21 Å². The standard InChI is InChI=1S/C19H22N2O3S/c1-2-17(13-15-7-4-3-5-8-15)21-25(24)18-10-6-9-16(14-18)11-12-19(22)20-23/h3-12,14,17,21,23H,2,13H2,1H3,(H,20,22)/b12-11+. The monoisotopic (exact) mass is 358 g/mol. The Kier molecular flexibility index (Phi) is 7.53. The second-order valence-corrected chi connectivity index (χ2v) is 6.81. The minimum atomic E-state index is -1.35.